The number of hydrogen-bond donors (Lipinski definition) is 0. The van der Waals surface area contributed by atoms with Crippen molar-refractivity contribution in [3.63, 3.8) is 0 Å². The highest BCUT2D eigenvalue weighted by Gasteiger charge is 2.42. The molecule has 2 aliphatic heterocycles. The lowest BCUT2D eigenvalue weighted by Gasteiger charge is -2.37. The molecule has 0 spiro atoms. The first-order chi connectivity index (χ1) is 9.06. The van der Waals surface area contributed by atoms with Crippen molar-refractivity contribution in [1.29, 1.82) is 0 Å². The molecule has 0 radical (unpaired) electrons. The fraction of sp³-hybridized carbons (Fsp3) is 0.500. The number of fused-ring (bicyclic) bond motifs is 2. The van der Waals surface area contributed by atoms with Gasteiger partial charge in [0.05, 0.1) is 0 Å². The van der Waals surface area contributed by atoms with Crippen molar-refractivity contribution < 1.29 is 13.6 Å². The van der Waals surface area contributed by atoms with E-state index < -0.39 is 11.6 Å². The summed E-state index contributed by atoms with van der Waals surface area (Å²) >= 11 is 6.16. The van der Waals surface area contributed by atoms with E-state index in [-0.39, 0.29) is 28.9 Å². The van der Waals surface area contributed by atoms with Gasteiger partial charge < -0.3 is 4.90 Å². The molecule has 2 bridgehead atoms. The van der Waals surface area contributed by atoms with Crippen molar-refractivity contribution in [3.05, 3.63) is 35.4 Å². The van der Waals surface area contributed by atoms with Crippen LogP contribution in [0.15, 0.2) is 18.2 Å². The molecule has 2 nitrogen and oxygen atoms in total. The zero-order valence-electron chi connectivity index (χ0n) is 10.3. The molecule has 5 heteroatoms. The van der Waals surface area contributed by atoms with Crippen LogP contribution in [0.3, 0.4) is 0 Å². The first kappa shape index (κ1) is 12.9. The second-order valence-corrected chi connectivity index (χ2v) is 5.91. The van der Waals surface area contributed by atoms with Crippen LogP contribution in [0.25, 0.3) is 0 Å². The van der Waals surface area contributed by atoms with Crippen LogP contribution in [-0.4, -0.2) is 28.3 Å². The van der Waals surface area contributed by atoms with Gasteiger partial charge in [0.25, 0.3) is 5.91 Å². The zero-order chi connectivity index (χ0) is 13.6. The minimum absolute atomic E-state index is 0.117. The number of rotatable bonds is 1. The Hall–Kier alpha value is -1.16. The molecule has 0 N–H and O–H groups in total. The molecule has 1 aromatic carbocycles. The Bertz CT molecular complexity index is 508. The number of nitrogens with zero attached hydrogens (tertiary/aromatic N) is 1. The highest BCUT2D eigenvalue weighted by molar-refractivity contribution is 6.20. The molecular formula is C14H14ClF2NO. The minimum atomic E-state index is -0.981. The van der Waals surface area contributed by atoms with Gasteiger partial charge in [0.2, 0.25) is 0 Å². The van der Waals surface area contributed by atoms with Crippen molar-refractivity contribution in [2.24, 2.45) is 0 Å². The Morgan fingerprint density at radius 3 is 2.37 bits per heavy atom. The molecule has 0 aromatic heterocycles. The Labute approximate surface area is 115 Å². The highest BCUT2D eigenvalue weighted by Crippen LogP contribution is 2.38. The quantitative estimate of drug-likeness (QED) is 0.725. The Morgan fingerprint density at radius 1 is 1.16 bits per heavy atom. The number of alkyl halides is 1. The second kappa shape index (κ2) is 4.75. The summed E-state index contributed by atoms with van der Waals surface area (Å²) in [6, 6.07) is 3.60. The highest BCUT2D eigenvalue weighted by atomic mass is 35.5. The van der Waals surface area contributed by atoms with Crippen LogP contribution < -0.4 is 0 Å². The molecule has 1 amide bonds. The monoisotopic (exact) mass is 285 g/mol. The number of carbonyl (C=O) groups excluding carboxylic acids is 1. The standard InChI is InChI=1S/C14H14ClF2NO/c15-9-6-10-2-3-11(7-9)18(10)14(19)8-1-4-12(16)13(17)5-8/h1,4-5,9-11H,2-3,6-7H2. The van der Waals surface area contributed by atoms with Crippen LogP contribution in [0, 0.1) is 11.6 Å². The topological polar surface area (TPSA) is 20.3 Å². The molecule has 2 heterocycles. The third-order valence-electron chi connectivity index (χ3n) is 4.08. The van der Waals surface area contributed by atoms with Crippen LogP contribution >= 0.6 is 11.6 Å². The van der Waals surface area contributed by atoms with E-state index in [1.54, 1.807) is 0 Å². The van der Waals surface area contributed by atoms with E-state index in [4.69, 9.17) is 11.6 Å². The number of carbonyl (C=O) groups is 1. The molecule has 19 heavy (non-hydrogen) atoms. The van der Waals surface area contributed by atoms with Gasteiger partial charge in [-0.25, -0.2) is 8.78 Å². The lowest BCUT2D eigenvalue weighted by molar-refractivity contribution is 0.0599. The predicted octanol–water partition coefficient (Wildman–Crippen LogP) is 3.34. The fourth-order valence-electron chi connectivity index (χ4n) is 3.22. The number of piperidine rings is 1. The average Bonchev–Trinajstić information content (AvgIpc) is 2.64. The average molecular weight is 286 g/mol. The third-order valence-corrected chi connectivity index (χ3v) is 4.43. The van der Waals surface area contributed by atoms with Gasteiger partial charge in [-0.15, -0.1) is 11.6 Å². The Morgan fingerprint density at radius 2 is 1.79 bits per heavy atom. The van der Waals surface area contributed by atoms with E-state index in [9.17, 15) is 13.6 Å². The predicted molar refractivity (Wildman–Crippen MR) is 68.2 cm³/mol. The zero-order valence-corrected chi connectivity index (χ0v) is 11.0. The van der Waals surface area contributed by atoms with Crippen molar-refractivity contribution in [2.45, 2.75) is 43.1 Å². The summed E-state index contributed by atoms with van der Waals surface area (Å²) < 4.78 is 26.1. The summed E-state index contributed by atoms with van der Waals surface area (Å²) in [5.41, 5.74) is 0.212. The minimum Gasteiger partial charge on any atom is -0.333 e. The first-order valence-electron chi connectivity index (χ1n) is 6.48. The first-order valence-corrected chi connectivity index (χ1v) is 6.91. The summed E-state index contributed by atoms with van der Waals surface area (Å²) in [7, 11) is 0. The molecule has 2 aliphatic rings. The lowest BCUT2D eigenvalue weighted by atomic mass is 10.0. The summed E-state index contributed by atoms with van der Waals surface area (Å²) in [5.74, 6) is -2.13. The van der Waals surface area contributed by atoms with Gasteiger partial charge in [0.1, 0.15) is 0 Å². The maximum atomic E-state index is 13.2. The van der Waals surface area contributed by atoms with Gasteiger partial charge in [0.15, 0.2) is 11.6 Å². The summed E-state index contributed by atoms with van der Waals surface area (Å²) in [5, 5.41) is 0.117. The van der Waals surface area contributed by atoms with Crippen LogP contribution in [-0.2, 0) is 0 Å². The molecule has 2 saturated heterocycles. The largest absolute Gasteiger partial charge is 0.333 e. The summed E-state index contributed by atoms with van der Waals surface area (Å²) in [4.78, 5) is 14.2. The Kier molecular flexibility index (Phi) is 3.21. The van der Waals surface area contributed by atoms with E-state index in [2.05, 4.69) is 0 Å². The summed E-state index contributed by atoms with van der Waals surface area (Å²) in [6.07, 6.45) is 3.47. The van der Waals surface area contributed by atoms with Gasteiger partial charge >= 0.3 is 0 Å². The number of amides is 1. The van der Waals surface area contributed by atoms with Crippen molar-refractivity contribution in [1.82, 2.24) is 4.90 Å². The maximum absolute atomic E-state index is 13.2. The van der Waals surface area contributed by atoms with Gasteiger partial charge in [0, 0.05) is 23.0 Å². The van der Waals surface area contributed by atoms with Crippen LogP contribution in [0.4, 0.5) is 8.78 Å². The van der Waals surface area contributed by atoms with Gasteiger partial charge in [-0.2, -0.15) is 0 Å². The molecule has 0 saturated carbocycles. The Balaban J connectivity index is 1.86. The van der Waals surface area contributed by atoms with E-state index in [0.717, 1.165) is 37.8 Å². The SMILES string of the molecule is O=C(c1ccc(F)c(F)c1)N1C2CCC1CC(Cl)C2. The van der Waals surface area contributed by atoms with Gasteiger partial charge in [-0.05, 0) is 43.9 Å². The normalized spacial score (nSPS) is 29.6. The summed E-state index contributed by atoms with van der Waals surface area (Å²) in [6.45, 7) is 0. The number of halogens is 3. The maximum Gasteiger partial charge on any atom is 0.254 e. The van der Waals surface area contributed by atoms with Crippen LogP contribution in [0.1, 0.15) is 36.0 Å². The van der Waals surface area contributed by atoms with Gasteiger partial charge in [-0.1, -0.05) is 0 Å². The molecule has 2 unspecified atom stereocenters. The van der Waals surface area contributed by atoms with Crippen molar-refractivity contribution in [2.75, 3.05) is 0 Å². The molecule has 3 rings (SSSR count). The fourth-order valence-corrected chi connectivity index (χ4v) is 3.63. The van der Waals surface area contributed by atoms with E-state index in [1.807, 2.05) is 4.90 Å². The van der Waals surface area contributed by atoms with Crippen molar-refractivity contribution >= 4 is 17.5 Å². The molecular weight excluding hydrogens is 272 g/mol. The molecule has 1 aromatic rings. The molecule has 2 atom stereocenters. The number of benzene rings is 1. The molecule has 102 valence electrons. The third kappa shape index (κ3) is 2.22. The second-order valence-electron chi connectivity index (χ2n) is 5.29. The lowest BCUT2D eigenvalue weighted by Crippen LogP contribution is -2.47. The van der Waals surface area contributed by atoms with Gasteiger partial charge in [-0.3, -0.25) is 4.79 Å². The molecule has 0 aliphatic carbocycles. The van der Waals surface area contributed by atoms with E-state index in [1.165, 1.54) is 6.07 Å². The van der Waals surface area contributed by atoms with Crippen LogP contribution in [0.5, 0.6) is 0 Å². The van der Waals surface area contributed by atoms with E-state index in [0.29, 0.717) is 0 Å². The van der Waals surface area contributed by atoms with E-state index >= 15 is 0 Å². The molecule has 2 fully saturated rings. The number of hydrogen-bond acceptors (Lipinski definition) is 1. The van der Waals surface area contributed by atoms with Crippen LogP contribution in [0.2, 0.25) is 0 Å². The smallest absolute Gasteiger partial charge is 0.254 e. The van der Waals surface area contributed by atoms with Crippen molar-refractivity contribution in [3.8, 4) is 0 Å².